The number of nitrogens with two attached hydrogens (primary N) is 1. The first-order valence-corrected chi connectivity index (χ1v) is 9.94. The van der Waals surface area contributed by atoms with Crippen LogP contribution < -0.4 is 10.6 Å². The van der Waals surface area contributed by atoms with Crippen molar-refractivity contribution in [3.63, 3.8) is 0 Å². The van der Waals surface area contributed by atoms with Crippen molar-refractivity contribution in [3.05, 3.63) is 47.0 Å². The summed E-state index contributed by atoms with van der Waals surface area (Å²) in [6.07, 6.45) is 2.23. The van der Waals surface area contributed by atoms with Gasteiger partial charge in [-0.1, -0.05) is 59.2 Å². The summed E-state index contributed by atoms with van der Waals surface area (Å²) in [5.74, 6) is -0.0105. The number of imidazole rings is 1. The Morgan fingerprint density at radius 2 is 2.00 bits per heavy atom. The van der Waals surface area contributed by atoms with E-state index in [-0.39, 0.29) is 29.0 Å². The van der Waals surface area contributed by atoms with Gasteiger partial charge in [-0.25, -0.2) is 4.98 Å². The van der Waals surface area contributed by atoms with Crippen LogP contribution in [0, 0.1) is 11.3 Å². The molecule has 1 aliphatic heterocycles. The second-order valence-electron chi connectivity index (χ2n) is 8.71. The number of nitrogens with one attached hydrogen (secondary N) is 1. The highest BCUT2D eigenvalue weighted by Crippen LogP contribution is 2.42. The predicted octanol–water partition coefficient (Wildman–Crippen LogP) is 3.77. The van der Waals surface area contributed by atoms with Gasteiger partial charge in [0.05, 0.1) is 6.04 Å². The quantitative estimate of drug-likeness (QED) is 0.824. The van der Waals surface area contributed by atoms with Crippen LogP contribution in [-0.2, 0) is 17.6 Å². The van der Waals surface area contributed by atoms with Crippen molar-refractivity contribution in [2.75, 3.05) is 4.90 Å². The fraction of sp³-hybridized carbons (Fsp3) is 0.500. The number of carbonyl (C=O) groups is 2. The molecule has 3 N–H and O–H groups in total. The molecule has 0 saturated heterocycles. The molecule has 2 heterocycles. The van der Waals surface area contributed by atoms with E-state index in [9.17, 15) is 9.59 Å². The number of H-pyrrole nitrogens is 1. The van der Waals surface area contributed by atoms with Gasteiger partial charge in [0, 0.05) is 23.7 Å². The van der Waals surface area contributed by atoms with Crippen molar-refractivity contribution >= 4 is 17.5 Å². The molecule has 3 rings (SSSR count). The first-order valence-electron chi connectivity index (χ1n) is 9.94. The molecule has 1 aromatic heterocycles. The summed E-state index contributed by atoms with van der Waals surface area (Å²) in [6, 6.07) is 7.69. The zero-order valence-electron chi connectivity index (χ0n) is 17.4. The van der Waals surface area contributed by atoms with Gasteiger partial charge in [-0.2, -0.15) is 0 Å². The van der Waals surface area contributed by atoms with Crippen molar-refractivity contribution < 1.29 is 9.59 Å². The molecule has 6 heteroatoms. The molecule has 28 heavy (non-hydrogen) atoms. The number of benzene rings is 1. The van der Waals surface area contributed by atoms with Crippen LogP contribution in [0.1, 0.15) is 74.7 Å². The number of primary amides is 1. The summed E-state index contributed by atoms with van der Waals surface area (Å²) in [6.45, 7) is 10.2. The number of anilines is 1. The Morgan fingerprint density at radius 1 is 1.32 bits per heavy atom. The van der Waals surface area contributed by atoms with Gasteiger partial charge in [0.15, 0.2) is 0 Å². The van der Waals surface area contributed by atoms with E-state index < -0.39 is 5.91 Å². The molecule has 6 nitrogen and oxygen atoms in total. The van der Waals surface area contributed by atoms with Crippen LogP contribution in [0.15, 0.2) is 24.3 Å². The minimum Gasteiger partial charge on any atom is -0.364 e. The van der Waals surface area contributed by atoms with Gasteiger partial charge >= 0.3 is 0 Å². The minimum atomic E-state index is -0.539. The number of hydrogen-bond acceptors (Lipinski definition) is 3. The number of nitrogens with zero attached hydrogens (tertiary/aromatic N) is 2. The van der Waals surface area contributed by atoms with Crippen molar-refractivity contribution in [2.45, 2.75) is 59.9 Å². The van der Waals surface area contributed by atoms with Crippen LogP contribution in [0.3, 0.4) is 0 Å². The average molecular weight is 383 g/mol. The van der Waals surface area contributed by atoms with Crippen LogP contribution in [0.4, 0.5) is 5.69 Å². The summed E-state index contributed by atoms with van der Waals surface area (Å²) in [5, 5.41) is 0. The summed E-state index contributed by atoms with van der Waals surface area (Å²) in [5.41, 5.74) is 8.44. The fourth-order valence-electron chi connectivity index (χ4n) is 3.68. The maximum absolute atomic E-state index is 13.5. The fourth-order valence-corrected chi connectivity index (χ4v) is 3.68. The van der Waals surface area contributed by atoms with Crippen molar-refractivity contribution in [3.8, 4) is 0 Å². The number of para-hydroxylation sites is 1. The first-order chi connectivity index (χ1) is 13.1. The highest BCUT2D eigenvalue weighted by atomic mass is 16.2. The number of amides is 2. The third kappa shape index (κ3) is 3.55. The van der Waals surface area contributed by atoms with E-state index in [4.69, 9.17) is 5.73 Å². The second kappa shape index (κ2) is 7.41. The van der Waals surface area contributed by atoms with Crippen LogP contribution in [0.25, 0.3) is 0 Å². The number of aromatic nitrogens is 2. The summed E-state index contributed by atoms with van der Waals surface area (Å²) < 4.78 is 0. The van der Waals surface area contributed by atoms with Gasteiger partial charge in [-0.15, -0.1) is 0 Å². The SMILES string of the molecule is CCCc1[nH]c(C2Cc3ccccc3N2C(=O)C(C)C(C)(C)C)nc1C(N)=O. The number of hydrogen-bond donors (Lipinski definition) is 2. The van der Waals surface area contributed by atoms with E-state index in [1.165, 1.54) is 0 Å². The molecule has 2 unspecified atom stereocenters. The maximum Gasteiger partial charge on any atom is 0.269 e. The molecule has 0 saturated carbocycles. The Morgan fingerprint density at radius 3 is 2.61 bits per heavy atom. The van der Waals surface area contributed by atoms with Gasteiger partial charge in [0.25, 0.3) is 5.91 Å². The van der Waals surface area contributed by atoms with Crippen LogP contribution in [-0.4, -0.2) is 21.8 Å². The van der Waals surface area contributed by atoms with Crippen molar-refractivity contribution in [2.24, 2.45) is 17.1 Å². The largest absolute Gasteiger partial charge is 0.364 e. The third-order valence-corrected chi connectivity index (χ3v) is 5.73. The van der Waals surface area contributed by atoms with Gasteiger partial charge < -0.3 is 15.6 Å². The Balaban J connectivity index is 2.06. The number of fused-ring (bicyclic) bond motifs is 1. The smallest absolute Gasteiger partial charge is 0.269 e. The third-order valence-electron chi connectivity index (χ3n) is 5.73. The van der Waals surface area contributed by atoms with Gasteiger partial charge in [0.2, 0.25) is 5.91 Å². The lowest BCUT2D eigenvalue weighted by Crippen LogP contribution is -2.41. The first kappa shape index (κ1) is 20.1. The zero-order valence-corrected chi connectivity index (χ0v) is 17.4. The van der Waals surface area contributed by atoms with Crippen LogP contribution in [0.5, 0.6) is 0 Å². The Hall–Kier alpha value is -2.63. The number of aryl methyl sites for hydroxylation is 1. The molecule has 0 radical (unpaired) electrons. The number of carbonyl (C=O) groups excluding carboxylic acids is 2. The molecule has 0 spiro atoms. The standard InChI is InChI=1S/C22H30N4O2/c1-6-9-15-18(19(23)27)25-20(24-15)17-12-14-10-7-8-11-16(14)26(17)21(28)13(2)22(3,4)5/h7-8,10-11,13,17H,6,9,12H2,1-5H3,(H2,23,27)(H,24,25). The lowest BCUT2D eigenvalue weighted by molar-refractivity contribution is -0.125. The van der Waals surface area contributed by atoms with Gasteiger partial charge in [-0.3, -0.25) is 9.59 Å². The van der Waals surface area contributed by atoms with Gasteiger partial charge in [0.1, 0.15) is 11.5 Å². The van der Waals surface area contributed by atoms with E-state index in [0.717, 1.165) is 23.4 Å². The highest BCUT2D eigenvalue weighted by Gasteiger charge is 2.41. The average Bonchev–Trinajstić information content (AvgIpc) is 3.21. The Bertz CT molecular complexity index is 894. The number of aromatic amines is 1. The van der Waals surface area contributed by atoms with E-state index in [1.807, 2.05) is 43.0 Å². The topological polar surface area (TPSA) is 92.1 Å². The Labute approximate surface area is 166 Å². The summed E-state index contributed by atoms with van der Waals surface area (Å²) in [7, 11) is 0. The highest BCUT2D eigenvalue weighted by molar-refractivity contribution is 5.98. The maximum atomic E-state index is 13.5. The molecule has 1 aromatic carbocycles. The monoisotopic (exact) mass is 382 g/mol. The van der Waals surface area contributed by atoms with Crippen LogP contribution in [0.2, 0.25) is 0 Å². The molecule has 2 atom stereocenters. The van der Waals surface area contributed by atoms with Gasteiger partial charge in [-0.05, 0) is 23.5 Å². The molecular weight excluding hydrogens is 352 g/mol. The predicted molar refractivity (Wildman–Crippen MR) is 110 cm³/mol. The lowest BCUT2D eigenvalue weighted by Gasteiger charge is -2.33. The summed E-state index contributed by atoms with van der Waals surface area (Å²) in [4.78, 5) is 35.0. The second-order valence-corrected chi connectivity index (χ2v) is 8.71. The molecule has 0 bridgehead atoms. The molecule has 1 aliphatic rings. The van der Waals surface area contributed by atoms with Crippen LogP contribution >= 0.6 is 0 Å². The normalized spacial score (nSPS) is 17.5. The molecule has 0 aliphatic carbocycles. The minimum absolute atomic E-state index is 0.0662. The molecule has 2 amide bonds. The lowest BCUT2D eigenvalue weighted by atomic mass is 9.81. The van der Waals surface area contributed by atoms with E-state index in [0.29, 0.717) is 18.7 Å². The molecule has 2 aromatic rings. The van der Waals surface area contributed by atoms with E-state index >= 15 is 0 Å². The van der Waals surface area contributed by atoms with Crippen molar-refractivity contribution in [1.82, 2.24) is 9.97 Å². The molecule has 150 valence electrons. The summed E-state index contributed by atoms with van der Waals surface area (Å²) >= 11 is 0. The van der Waals surface area contributed by atoms with E-state index in [2.05, 4.69) is 30.7 Å². The molecular formula is C22H30N4O2. The van der Waals surface area contributed by atoms with E-state index in [1.54, 1.807) is 0 Å². The molecule has 0 fully saturated rings. The number of rotatable bonds is 5. The zero-order chi connectivity index (χ0) is 20.6. The van der Waals surface area contributed by atoms with Crippen molar-refractivity contribution in [1.29, 1.82) is 0 Å². The Kier molecular flexibility index (Phi) is 5.33.